The summed E-state index contributed by atoms with van der Waals surface area (Å²) in [6.07, 6.45) is 1.74. The summed E-state index contributed by atoms with van der Waals surface area (Å²) in [4.78, 5) is 7.07. The zero-order chi connectivity index (χ0) is 23.5. The highest BCUT2D eigenvalue weighted by Gasteiger charge is 2.23. The van der Waals surface area contributed by atoms with Gasteiger partial charge in [0.05, 0.1) is 11.6 Å². The van der Waals surface area contributed by atoms with Gasteiger partial charge in [0.2, 0.25) is 0 Å². The summed E-state index contributed by atoms with van der Waals surface area (Å²) < 4.78 is 6.38. The number of fused-ring (bicyclic) bond motifs is 1. The molecule has 2 aromatic heterocycles. The van der Waals surface area contributed by atoms with Gasteiger partial charge in [-0.25, -0.2) is 0 Å². The lowest BCUT2D eigenvalue weighted by Gasteiger charge is -2.22. The Labute approximate surface area is 208 Å². The number of nitrogens with zero attached hydrogens (tertiary/aromatic N) is 1. The van der Waals surface area contributed by atoms with Crippen molar-refractivity contribution in [1.29, 1.82) is 0 Å². The molecule has 2 heterocycles. The predicted molar refractivity (Wildman–Crippen MR) is 141 cm³/mol. The highest BCUT2D eigenvalue weighted by molar-refractivity contribution is 7.15. The molecule has 5 aromatic rings. The topological polar surface area (TPSA) is 42.4 Å². The molecule has 0 bridgehead atoms. The van der Waals surface area contributed by atoms with Crippen molar-refractivity contribution in [2.75, 3.05) is 6.61 Å². The average Bonchev–Trinajstić information content (AvgIpc) is 3.31. The summed E-state index contributed by atoms with van der Waals surface area (Å²) >= 11 is 8.45. The molecular weight excluding hydrogens is 462 g/mol. The van der Waals surface area contributed by atoms with Crippen molar-refractivity contribution in [1.82, 2.24) is 4.98 Å². The second kappa shape index (κ2) is 9.98. The van der Waals surface area contributed by atoms with Gasteiger partial charge < -0.3 is 9.84 Å². The average molecular weight is 486 g/mol. The smallest absolute Gasteiger partial charge is 0.150 e. The fraction of sp³-hybridized carbons (Fsp3) is 0.138. The highest BCUT2D eigenvalue weighted by atomic mass is 35.5. The molecule has 170 valence electrons. The molecule has 0 spiro atoms. The molecule has 5 heteroatoms. The van der Waals surface area contributed by atoms with Gasteiger partial charge >= 0.3 is 0 Å². The number of halogens is 1. The Kier molecular flexibility index (Phi) is 6.63. The van der Waals surface area contributed by atoms with Crippen molar-refractivity contribution in [3.63, 3.8) is 0 Å². The van der Waals surface area contributed by atoms with E-state index in [4.69, 9.17) is 16.3 Å². The van der Waals surface area contributed by atoms with Crippen LogP contribution in [0.4, 0.5) is 0 Å². The Balaban J connectivity index is 1.61. The molecule has 1 atom stereocenters. The van der Waals surface area contributed by atoms with E-state index < -0.39 is 0 Å². The molecule has 0 fully saturated rings. The van der Waals surface area contributed by atoms with Crippen molar-refractivity contribution in [3.05, 3.63) is 118 Å². The van der Waals surface area contributed by atoms with Crippen LogP contribution in [0.1, 0.15) is 27.5 Å². The van der Waals surface area contributed by atoms with Crippen LogP contribution < -0.4 is 4.74 Å². The van der Waals surface area contributed by atoms with Crippen LogP contribution in [0.5, 0.6) is 5.75 Å². The van der Waals surface area contributed by atoms with Gasteiger partial charge in [0, 0.05) is 32.8 Å². The first-order valence-electron chi connectivity index (χ1n) is 11.2. The molecule has 0 amide bonds. The van der Waals surface area contributed by atoms with E-state index in [1.807, 2.05) is 60.7 Å². The number of benzene rings is 3. The Bertz CT molecular complexity index is 1430. The molecule has 1 unspecified atom stereocenters. The first-order chi connectivity index (χ1) is 16.6. The predicted octanol–water partition coefficient (Wildman–Crippen LogP) is 7.63. The van der Waals surface area contributed by atoms with E-state index >= 15 is 0 Å². The molecule has 0 radical (unpaired) electrons. The first kappa shape index (κ1) is 22.6. The van der Waals surface area contributed by atoms with Crippen molar-refractivity contribution < 1.29 is 9.84 Å². The minimum absolute atomic E-state index is 0.0801. The van der Waals surface area contributed by atoms with Gasteiger partial charge in [0.25, 0.3) is 0 Å². The van der Waals surface area contributed by atoms with Crippen LogP contribution in [0, 0.1) is 6.92 Å². The van der Waals surface area contributed by atoms with E-state index in [-0.39, 0.29) is 12.5 Å². The second-order valence-corrected chi connectivity index (χ2v) is 9.92. The number of aliphatic hydroxyl groups excluding tert-OH is 1. The maximum atomic E-state index is 10.6. The fourth-order valence-corrected chi connectivity index (χ4v) is 5.35. The van der Waals surface area contributed by atoms with Crippen LogP contribution in [-0.2, 0) is 6.61 Å². The summed E-state index contributed by atoms with van der Waals surface area (Å²) in [7, 11) is 0. The zero-order valence-corrected chi connectivity index (χ0v) is 20.3. The van der Waals surface area contributed by atoms with Gasteiger partial charge in [-0.15, -0.1) is 11.3 Å². The summed E-state index contributed by atoms with van der Waals surface area (Å²) in [5, 5.41) is 12.0. The highest BCUT2D eigenvalue weighted by Crippen LogP contribution is 2.41. The van der Waals surface area contributed by atoms with E-state index in [1.54, 1.807) is 17.5 Å². The van der Waals surface area contributed by atoms with Gasteiger partial charge in [0.1, 0.15) is 17.9 Å². The third kappa shape index (κ3) is 4.58. The molecule has 0 aliphatic heterocycles. The van der Waals surface area contributed by atoms with Crippen LogP contribution in [0.3, 0.4) is 0 Å². The van der Waals surface area contributed by atoms with E-state index in [2.05, 4.69) is 36.2 Å². The van der Waals surface area contributed by atoms with Gasteiger partial charge in [0.15, 0.2) is 0 Å². The minimum atomic E-state index is -0.310. The third-order valence-electron chi connectivity index (χ3n) is 5.92. The lowest BCUT2D eigenvalue weighted by molar-refractivity contribution is 0.270. The number of aromatic nitrogens is 1. The summed E-state index contributed by atoms with van der Waals surface area (Å²) in [6, 6.07) is 28.3. The van der Waals surface area contributed by atoms with Gasteiger partial charge in [-0.05, 0) is 60.0 Å². The van der Waals surface area contributed by atoms with E-state index in [0.717, 1.165) is 27.6 Å². The quantitative estimate of drug-likeness (QED) is 0.257. The van der Waals surface area contributed by atoms with Crippen LogP contribution >= 0.6 is 22.9 Å². The van der Waals surface area contributed by atoms with Crippen LogP contribution in [0.15, 0.2) is 91.1 Å². The fourth-order valence-electron chi connectivity index (χ4n) is 4.22. The van der Waals surface area contributed by atoms with Crippen LogP contribution in [-0.4, -0.2) is 16.7 Å². The normalized spacial score (nSPS) is 12.1. The summed E-state index contributed by atoms with van der Waals surface area (Å²) in [5.74, 6) is 0.343. The number of hydrogen-bond donors (Lipinski definition) is 1. The van der Waals surface area contributed by atoms with Crippen molar-refractivity contribution in [2.24, 2.45) is 0 Å². The van der Waals surface area contributed by atoms with E-state index in [0.29, 0.717) is 22.9 Å². The van der Waals surface area contributed by atoms with Crippen molar-refractivity contribution in [2.45, 2.75) is 19.4 Å². The maximum absolute atomic E-state index is 10.6. The number of aliphatic hydroxyl groups is 1. The number of rotatable bonds is 7. The lowest BCUT2D eigenvalue weighted by atomic mass is 9.89. The van der Waals surface area contributed by atoms with Crippen LogP contribution in [0.2, 0.25) is 5.02 Å². The largest absolute Gasteiger partial charge is 0.486 e. The number of hydrogen-bond acceptors (Lipinski definition) is 4. The number of ether oxygens (including phenoxy) is 1. The zero-order valence-electron chi connectivity index (χ0n) is 18.7. The Hall–Kier alpha value is -3.18. The first-order valence-corrected chi connectivity index (χ1v) is 12.3. The Morgan fingerprint density at radius 1 is 0.971 bits per heavy atom. The standard InChI is InChI=1S/C29H24ClNO2S/c1-19-12-13-27(34-19)22-10-5-9-21(15-22)25(17-32)24-16-26(30)23-11-6-14-31-28(23)29(24)33-18-20-7-3-2-4-8-20/h2-16,25,32H,17-18H2,1H3. The molecule has 1 N–H and O–H groups in total. The minimum Gasteiger partial charge on any atom is -0.486 e. The number of aryl methyl sites for hydroxylation is 1. The molecule has 3 aromatic carbocycles. The molecule has 5 rings (SSSR count). The second-order valence-electron chi connectivity index (χ2n) is 8.22. The number of pyridine rings is 1. The molecule has 0 aliphatic rings. The monoisotopic (exact) mass is 485 g/mol. The third-order valence-corrected chi connectivity index (χ3v) is 7.28. The number of thiophene rings is 1. The summed E-state index contributed by atoms with van der Waals surface area (Å²) in [5.41, 5.74) is 4.72. The van der Waals surface area contributed by atoms with E-state index in [9.17, 15) is 5.11 Å². The van der Waals surface area contributed by atoms with Crippen LogP contribution in [0.25, 0.3) is 21.3 Å². The lowest BCUT2D eigenvalue weighted by Crippen LogP contribution is -2.10. The van der Waals surface area contributed by atoms with Crippen molar-refractivity contribution in [3.8, 4) is 16.2 Å². The van der Waals surface area contributed by atoms with Crippen molar-refractivity contribution >= 4 is 33.8 Å². The van der Waals surface area contributed by atoms with Gasteiger partial charge in [-0.1, -0.05) is 60.1 Å². The van der Waals surface area contributed by atoms with E-state index in [1.165, 1.54) is 9.75 Å². The molecule has 0 aliphatic carbocycles. The molecule has 0 saturated heterocycles. The molecular formula is C29H24ClNO2S. The molecule has 3 nitrogen and oxygen atoms in total. The molecule has 34 heavy (non-hydrogen) atoms. The Morgan fingerprint density at radius 3 is 2.59 bits per heavy atom. The van der Waals surface area contributed by atoms with Gasteiger partial charge in [-0.3, -0.25) is 4.98 Å². The maximum Gasteiger partial charge on any atom is 0.150 e. The Morgan fingerprint density at radius 2 is 1.82 bits per heavy atom. The SMILES string of the molecule is Cc1ccc(-c2cccc(C(CO)c3cc(Cl)c4cccnc4c3OCc3ccccc3)c2)s1. The van der Waals surface area contributed by atoms with Gasteiger partial charge in [-0.2, -0.15) is 0 Å². The molecule has 0 saturated carbocycles. The summed E-state index contributed by atoms with van der Waals surface area (Å²) in [6.45, 7) is 2.42.